The predicted octanol–water partition coefficient (Wildman–Crippen LogP) is 3.37. The molecule has 0 unspecified atom stereocenters. The highest BCUT2D eigenvalue weighted by Crippen LogP contribution is 2.29. The molecule has 2 N–H and O–H groups in total. The number of hydrogen-bond donors (Lipinski definition) is 2. The van der Waals surface area contributed by atoms with Crippen molar-refractivity contribution in [2.24, 2.45) is 0 Å². The van der Waals surface area contributed by atoms with Gasteiger partial charge < -0.3 is 15.0 Å². The summed E-state index contributed by atoms with van der Waals surface area (Å²) in [6, 6.07) is 12.0. The van der Waals surface area contributed by atoms with E-state index in [2.05, 4.69) is 9.97 Å². The minimum Gasteiger partial charge on any atom is -0.507 e. The van der Waals surface area contributed by atoms with Gasteiger partial charge in [0.2, 0.25) is 0 Å². The van der Waals surface area contributed by atoms with Crippen molar-refractivity contribution in [3.63, 3.8) is 0 Å². The van der Waals surface area contributed by atoms with Crippen LogP contribution in [0.3, 0.4) is 0 Å². The second-order valence-corrected chi connectivity index (χ2v) is 9.17. The second-order valence-electron chi connectivity index (χ2n) is 9.17. The molecule has 2 heterocycles. The van der Waals surface area contributed by atoms with E-state index in [1.165, 1.54) is 15.2 Å². The normalized spacial score (nSPS) is 11.5. The number of aryl methyl sites for hydroxylation is 1. The summed E-state index contributed by atoms with van der Waals surface area (Å²) in [5.41, 5.74) is 1.92. The average Bonchev–Trinajstić information content (AvgIpc) is 3.29. The van der Waals surface area contributed by atoms with Crippen LogP contribution in [-0.4, -0.2) is 49.0 Å². The number of hydrogen-bond acceptors (Lipinski definition) is 6. The molecule has 0 aliphatic rings. The quantitative estimate of drug-likeness (QED) is 0.349. The number of nitrogens with one attached hydrogen (secondary N) is 1. The molecule has 0 aliphatic carbocycles. The number of ketones is 1. The van der Waals surface area contributed by atoms with Gasteiger partial charge in [0, 0.05) is 30.8 Å². The van der Waals surface area contributed by atoms with Crippen LogP contribution < -0.4 is 11.2 Å². The number of fused-ring (bicyclic) bond motifs is 1. The number of benzene rings is 2. The summed E-state index contributed by atoms with van der Waals surface area (Å²) in [6.07, 6.45) is 1.34. The molecule has 0 radical (unpaired) electrons. The van der Waals surface area contributed by atoms with E-state index in [1.54, 1.807) is 24.3 Å². The Kier molecular flexibility index (Phi) is 7.21. The van der Waals surface area contributed by atoms with Gasteiger partial charge in [-0.3, -0.25) is 18.7 Å². The Labute approximate surface area is 208 Å². The molecule has 0 spiro atoms. The minimum atomic E-state index is -0.438. The van der Waals surface area contributed by atoms with Crippen LogP contribution in [0.2, 0.25) is 0 Å². The van der Waals surface area contributed by atoms with E-state index in [1.807, 2.05) is 45.0 Å². The van der Waals surface area contributed by atoms with Gasteiger partial charge in [0.1, 0.15) is 17.1 Å². The van der Waals surface area contributed by atoms with Gasteiger partial charge in [0.15, 0.2) is 11.4 Å². The van der Waals surface area contributed by atoms with Crippen molar-refractivity contribution in [3.05, 3.63) is 80.0 Å². The molecule has 36 heavy (non-hydrogen) atoms. The molecule has 0 bridgehead atoms. The number of imidazole rings is 1. The molecular weight excluding hydrogens is 458 g/mol. The number of aromatic nitrogens is 4. The first-order valence-electron chi connectivity index (χ1n) is 12.1. The predicted molar refractivity (Wildman–Crippen MR) is 140 cm³/mol. The van der Waals surface area contributed by atoms with Crippen molar-refractivity contribution >= 4 is 16.9 Å². The maximum Gasteiger partial charge on any atom is 0.332 e. The fraction of sp³-hybridized carbons (Fsp3) is 0.333. The topological polar surface area (TPSA) is 113 Å². The summed E-state index contributed by atoms with van der Waals surface area (Å²) in [7, 11) is 3.96. The zero-order valence-electron chi connectivity index (χ0n) is 21.0. The van der Waals surface area contributed by atoms with Crippen molar-refractivity contribution in [3.8, 4) is 17.1 Å². The molecule has 0 saturated carbocycles. The summed E-state index contributed by atoms with van der Waals surface area (Å²) < 4.78 is 2.70. The second kappa shape index (κ2) is 10.3. The van der Waals surface area contributed by atoms with Gasteiger partial charge in [-0.15, -0.1) is 0 Å². The average molecular weight is 490 g/mol. The Balaban J connectivity index is 1.72. The number of phenols is 1. The van der Waals surface area contributed by atoms with Crippen molar-refractivity contribution in [1.29, 1.82) is 0 Å². The fourth-order valence-electron chi connectivity index (χ4n) is 4.31. The molecule has 9 heteroatoms. The number of H-pyrrole nitrogens is 1. The number of carbonyl (C=O) groups is 1. The van der Waals surface area contributed by atoms with Crippen LogP contribution in [0.25, 0.3) is 22.6 Å². The molecular formula is C27H31N5O4. The highest BCUT2D eigenvalue weighted by Gasteiger charge is 2.20. The number of carbonyl (C=O) groups excluding carboxylic acids is 1. The first kappa shape index (κ1) is 25.1. The zero-order valence-corrected chi connectivity index (χ0v) is 21.0. The standard InChI is InChI=1S/C27H31N5O4/c1-5-13-31-25-22(26(35)32(14-6-2)27(31)36)28-24(29-25)20-12-11-19(15-21(20)33)23(34)18-9-7-17(8-10-18)16-30(3)4/h7-12,15,33H,5-6,13-14,16H2,1-4H3,(H,28,29). The van der Waals surface area contributed by atoms with Crippen LogP contribution in [0.5, 0.6) is 5.75 Å². The van der Waals surface area contributed by atoms with Gasteiger partial charge >= 0.3 is 5.69 Å². The number of nitrogens with zero attached hydrogens (tertiary/aromatic N) is 4. The SMILES string of the molecule is CCCn1c(=O)c2[nH]c(-c3ccc(C(=O)c4ccc(CN(C)C)cc4)cc3O)nc2n(CCC)c1=O. The molecule has 0 amide bonds. The molecule has 0 fully saturated rings. The summed E-state index contributed by atoms with van der Waals surface area (Å²) in [5.74, 6) is -0.107. The lowest BCUT2D eigenvalue weighted by Crippen LogP contribution is -2.40. The number of phenolic OH excluding ortho intramolecular Hbond substituents is 1. The molecule has 2 aromatic heterocycles. The van der Waals surface area contributed by atoms with Crippen LogP contribution in [0, 0.1) is 0 Å². The Bertz CT molecular complexity index is 1530. The van der Waals surface area contributed by atoms with E-state index in [-0.39, 0.29) is 28.5 Å². The molecule has 2 aromatic carbocycles. The van der Waals surface area contributed by atoms with Crippen molar-refractivity contribution in [2.75, 3.05) is 14.1 Å². The van der Waals surface area contributed by atoms with Gasteiger partial charge in [-0.05, 0) is 44.6 Å². The van der Waals surface area contributed by atoms with Crippen molar-refractivity contribution in [1.82, 2.24) is 24.0 Å². The van der Waals surface area contributed by atoms with Crippen molar-refractivity contribution < 1.29 is 9.90 Å². The maximum atomic E-state index is 13.0. The summed E-state index contributed by atoms with van der Waals surface area (Å²) >= 11 is 0. The molecule has 4 aromatic rings. The molecule has 0 saturated heterocycles. The smallest absolute Gasteiger partial charge is 0.332 e. The summed E-state index contributed by atoms with van der Waals surface area (Å²) in [6.45, 7) is 5.34. The number of rotatable bonds is 9. The first-order valence-corrected chi connectivity index (χ1v) is 12.1. The maximum absolute atomic E-state index is 13.0. The van der Waals surface area contributed by atoms with Gasteiger partial charge in [0.05, 0.1) is 5.56 Å². The Hall–Kier alpha value is -3.98. The Morgan fingerprint density at radius 2 is 1.61 bits per heavy atom. The van der Waals surface area contributed by atoms with E-state index >= 15 is 0 Å². The largest absolute Gasteiger partial charge is 0.507 e. The van der Waals surface area contributed by atoms with Crippen LogP contribution in [-0.2, 0) is 19.6 Å². The van der Waals surface area contributed by atoms with Crippen LogP contribution in [0.1, 0.15) is 48.2 Å². The van der Waals surface area contributed by atoms with Crippen LogP contribution in [0.4, 0.5) is 0 Å². The first-order chi connectivity index (χ1) is 17.2. The third kappa shape index (κ3) is 4.74. The van der Waals surface area contributed by atoms with Gasteiger partial charge in [0.25, 0.3) is 5.56 Å². The van der Waals surface area contributed by atoms with E-state index < -0.39 is 11.2 Å². The van der Waals surface area contributed by atoms with E-state index in [4.69, 9.17) is 0 Å². The number of aromatic hydroxyl groups is 1. The Morgan fingerprint density at radius 3 is 2.22 bits per heavy atom. The highest BCUT2D eigenvalue weighted by atomic mass is 16.3. The molecule has 0 aliphatic heterocycles. The van der Waals surface area contributed by atoms with Crippen LogP contribution in [0.15, 0.2) is 52.1 Å². The summed E-state index contributed by atoms with van der Waals surface area (Å²) in [4.78, 5) is 48.4. The molecule has 4 rings (SSSR count). The lowest BCUT2D eigenvalue weighted by Gasteiger charge is -2.10. The van der Waals surface area contributed by atoms with Gasteiger partial charge in [-0.1, -0.05) is 44.2 Å². The summed E-state index contributed by atoms with van der Waals surface area (Å²) in [5, 5.41) is 10.8. The molecule has 0 atom stereocenters. The molecule has 188 valence electrons. The minimum absolute atomic E-state index is 0.151. The zero-order chi connectivity index (χ0) is 26.0. The third-order valence-electron chi connectivity index (χ3n) is 5.99. The van der Waals surface area contributed by atoms with Crippen LogP contribution >= 0.6 is 0 Å². The monoisotopic (exact) mass is 489 g/mol. The Morgan fingerprint density at radius 1 is 0.972 bits per heavy atom. The lowest BCUT2D eigenvalue weighted by atomic mass is 10.00. The lowest BCUT2D eigenvalue weighted by molar-refractivity contribution is 0.103. The third-order valence-corrected chi connectivity index (χ3v) is 5.99. The van der Waals surface area contributed by atoms with E-state index in [9.17, 15) is 19.5 Å². The molecule has 9 nitrogen and oxygen atoms in total. The number of aromatic amines is 1. The van der Waals surface area contributed by atoms with Gasteiger partial charge in [-0.2, -0.15) is 0 Å². The van der Waals surface area contributed by atoms with E-state index in [0.29, 0.717) is 42.6 Å². The van der Waals surface area contributed by atoms with Gasteiger partial charge in [-0.25, -0.2) is 9.78 Å². The van der Waals surface area contributed by atoms with Crippen molar-refractivity contribution in [2.45, 2.75) is 46.3 Å². The highest BCUT2D eigenvalue weighted by molar-refractivity contribution is 6.09. The fourth-order valence-corrected chi connectivity index (χ4v) is 4.31. The van der Waals surface area contributed by atoms with E-state index in [0.717, 1.165) is 12.1 Å².